The highest BCUT2D eigenvalue weighted by Crippen LogP contribution is 2.37. The zero-order valence-electron chi connectivity index (χ0n) is 18.6. The van der Waals surface area contributed by atoms with Crippen molar-refractivity contribution in [2.45, 2.75) is 50.9 Å². The minimum atomic E-state index is -1.57. The normalized spacial score (nSPS) is 19.2. The van der Waals surface area contributed by atoms with Crippen molar-refractivity contribution in [3.63, 3.8) is 0 Å². The zero-order chi connectivity index (χ0) is 23.4. The van der Waals surface area contributed by atoms with Gasteiger partial charge in [-0.3, -0.25) is 4.79 Å². The van der Waals surface area contributed by atoms with Crippen molar-refractivity contribution < 1.29 is 22.7 Å². The number of hydrogen-bond acceptors (Lipinski definition) is 2. The van der Waals surface area contributed by atoms with E-state index in [1.165, 1.54) is 16.7 Å². The second kappa shape index (κ2) is 10.2. The quantitative estimate of drug-likeness (QED) is 0.222. The maximum absolute atomic E-state index is 13.3. The lowest BCUT2D eigenvalue weighted by molar-refractivity contribution is -0.140. The Bertz CT molecular complexity index is 1060. The third-order valence-corrected chi connectivity index (χ3v) is 6.60. The molecule has 1 fully saturated rings. The Morgan fingerprint density at radius 1 is 0.909 bits per heavy atom. The maximum Gasteiger partial charge on any atom is 0.314 e. The first-order chi connectivity index (χ1) is 15.9. The fraction of sp³-hybridized carbons (Fsp3) is 0.321. The molecule has 0 spiro atoms. The average molecular weight is 453 g/mol. The number of carbonyl (C=O) groups is 1. The Hall–Kier alpha value is -3.08. The number of benzene rings is 3. The molecule has 3 aromatic carbocycles. The van der Waals surface area contributed by atoms with Gasteiger partial charge in [-0.25, -0.2) is 13.2 Å². The Morgan fingerprint density at radius 2 is 1.52 bits per heavy atom. The third-order valence-electron chi connectivity index (χ3n) is 6.60. The third kappa shape index (κ3) is 5.65. The smallest absolute Gasteiger partial charge is 0.314 e. The molecule has 4 rings (SSSR count). The second-order valence-corrected chi connectivity index (χ2v) is 8.93. The number of rotatable bonds is 6. The predicted octanol–water partition coefficient (Wildman–Crippen LogP) is 7.33. The van der Waals surface area contributed by atoms with Crippen molar-refractivity contribution in [2.24, 2.45) is 5.92 Å². The summed E-state index contributed by atoms with van der Waals surface area (Å²) < 4.78 is 44.9. The predicted molar refractivity (Wildman–Crippen MR) is 122 cm³/mol. The van der Waals surface area contributed by atoms with Crippen molar-refractivity contribution in [1.29, 1.82) is 0 Å². The van der Waals surface area contributed by atoms with Gasteiger partial charge in [0, 0.05) is 12.1 Å². The van der Waals surface area contributed by atoms with E-state index in [1.54, 1.807) is 0 Å². The largest absolute Gasteiger partial charge is 0.426 e. The molecule has 1 aliphatic rings. The van der Waals surface area contributed by atoms with Gasteiger partial charge in [0.15, 0.2) is 17.5 Å². The molecule has 0 saturated heterocycles. The van der Waals surface area contributed by atoms with E-state index in [0.29, 0.717) is 36.8 Å². The summed E-state index contributed by atoms with van der Waals surface area (Å²) in [5.74, 6) is -4.66. The summed E-state index contributed by atoms with van der Waals surface area (Å²) in [6, 6.07) is 20.6. The second-order valence-electron chi connectivity index (χ2n) is 8.93. The van der Waals surface area contributed by atoms with Crippen LogP contribution in [0.25, 0.3) is 0 Å². The molecule has 0 N–H and O–H groups in total. The van der Waals surface area contributed by atoms with Crippen LogP contribution in [0.3, 0.4) is 0 Å². The monoisotopic (exact) mass is 452 g/mol. The highest BCUT2D eigenvalue weighted by Gasteiger charge is 2.29. The van der Waals surface area contributed by atoms with Crippen LogP contribution in [0.4, 0.5) is 13.2 Å². The van der Waals surface area contributed by atoms with E-state index in [4.69, 9.17) is 4.74 Å². The van der Waals surface area contributed by atoms with Crippen LogP contribution in [0.1, 0.15) is 61.1 Å². The van der Waals surface area contributed by atoms with E-state index in [2.05, 4.69) is 55.5 Å². The van der Waals surface area contributed by atoms with Gasteiger partial charge in [0.05, 0.1) is 5.92 Å². The number of esters is 1. The van der Waals surface area contributed by atoms with E-state index < -0.39 is 23.4 Å². The van der Waals surface area contributed by atoms with Crippen molar-refractivity contribution in [1.82, 2.24) is 0 Å². The number of ether oxygens (including phenoxy) is 1. The summed E-state index contributed by atoms with van der Waals surface area (Å²) in [4.78, 5) is 12.4. The number of hydrogen-bond donors (Lipinski definition) is 0. The van der Waals surface area contributed by atoms with Gasteiger partial charge in [0.1, 0.15) is 5.75 Å². The standard InChI is InChI=1S/C28H27F3O2/c1-18(20-5-3-2-4-6-20)15-19-7-9-21(10-8-19)22-11-13-23(14-12-22)28(32)33-24-16-25(29)27(31)26(30)17-24/h2-10,16-18,22-23H,11-15H2,1H3/t18-,22?,23?/m1/s1. The first kappa shape index (κ1) is 23.1. The first-order valence-electron chi connectivity index (χ1n) is 11.4. The molecule has 33 heavy (non-hydrogen) atoms. The summed E-state index contributed by atoms with van der Waals surface area (Å²) in [6.45, 7) is 2.23. The Morgan fingerprint density at radius 3 is 2.12 bits per heavy atom. The van der Waals surface area contributed by atoms with Crippen LogP contribution >= 0.6 is 0 Å². The molecule has 0 amide bonds. The van der Waals surface area contributed by atoms with E-state index in [1.807, 2.05) is 6.07 Å². The van der Waals surface area contributed by atoms with Crippen molar-refractivity contribution in [2.75, 3.05) is 0 Å². The summed E-state index contributed by atoms with van der Waals surface area (Å²) in [5, 5.41) is 0. The van der Waals surface area contributed by atoms with Crippen LogP contribution < -0.4 is 4.74 Å². The summed E-state index contributed by atoms with van der Waals surface area (Å²) in [7, 11) is 0. The molecule has 0 heterocycles. The van der Waals surface area contributed by atoms with Gasteiger partial charge < -0.3 is 4.74 Å². The Kier molecular flexibility index (Phi) is 7.17. The van der Waals surface area contributed by atoms with Gasteiger partial charge in [0.25, 0.3) is 0 Å². The molecule has 1 aliphatic carbocycles. The molecule has 0 radical (unpaired) electrons. The molecule has 3 aromatic rings. The summed E-state index contributed by atoms with van der Waals surface area (Å²) in [5.41, 5.74) is 3.89. The van der Waals surface area contributed by atoms with Crippen LogP contribution in [0.5, 0.6) is 5.75 Å². The number of carbonyl (C=O) groups excluding carboxylic acids is 1. The van der Waals surface area contributed by atoms with E-state index >= 15 is 0 Å². The molecule has 172 valence electrons. The van der Waals surface area contributed by atoms with E-state index in [-0.39, 0.29) is 11.7 Å². The summed E-state index contributed by atoms with van der Waals surface area (Å²) >= 11 is 0. The Balaban J connectivity index is 1.30. The van der Waals surface area contributed by atoms with Crippen LogP contribution in [0.2, 0.25) is 0 Å². The van der Waals surface area contributed by atoms with Crippen LogP contribution in [-0.4, -0.2) is 5.97 Å². The topological polar surface area (TPSA) is 26.3 Å². The molecule has 1 saturated carbocycles. The SMILES string of the molecule is C[C@H](Cc1ccc(C2CCC(C(=O)Oc3cc(F)c(F)c(F)c3)CC2)cc1)c1ccccc1. The molecule has 0 aliphatic heterocycles. The zero-order valence-corrected chi connectivity index (χ0v) is 18.6. The highest BCUT2D eigenvalue weighted by atomic mass is 19.2. The minimum absolute atomic E-state index is 0.307. The number of halogens is 3. The van der Waals surface area contributed by atoms with Gasteiger partial charge in [-0.1, -0.05) is 61.5 Å². The van der Waals surface area contributed by atoms with Gasteiger partial charge in [-0.15, -0.1) is 0 Å². The van der Waals surface area contributed by atoms with Crippen LogP contribution in [0, 0.1) is 23.4 Å². The van der Waals surface area contributed by atoms with E-state index in [0.717, 1.165) is 19.3 Å². The lowest BCUT2D eigenvalue weighted by Crippen LogP contribution is -2.25. The van der Waals surface area contributed by atoms with Crippen LogP contribution in [-0.2, 0) is 11.2 Å². The summed E-state index contributed by atoms with van der Waals surface area (Å²) in [6.07, 6.45) is 3.94. The molecule has 2 nitrogen and oxygen atoms in total. The minimum Gasteiger partial charge on any atom is -0.426 e. The lowest BCUT2D eigenvalue weighted by Gasteiger charge is -2.27. The van der Waals surface area contributed by atoms with Crippen molar-refractivity contribution >= 4 is 5.97 Å². The van der Waals surface area contributed by atoms with Gasteiger partial charge in [-0.05, 0) is 60.6 Å². The molecule has 0 unspecified atom stereocenters. The molecular weight excluding hydrogens is 425 g/mol. The lowest BCUT2D eigenvalue weighted by atomic mass is 9.78. The van der Waals surface area contributed by atoms with E-state index in [9.17, 15) is 18.0 Å². The Labute approximate surface area is 192 Å². The van der Waals surface area contributed by atoms with Crippen LogP contribution in [0.15, 0.2) is 66.7 Å². The van der Waals surface area contributed by atoms with Gasteiger partial charge in [-0.2, -0.15) is 0 Å². The fourth-order valence-corrected chi connectivity index (χ4v) is 4.63. The fourth-order valence-electron chi connectivity index (χ4n) is 4.63. The molecule has 0 aromatic heterocycles. The first-order valence-corrected chi connectivity index (χ1v) is 11.4. The van der Waals surface area contributed by atoms with Gasteiger partial charge >= 0.3 is 5.97 Å². The van der Waals surface area contributed by atoms with Gasteiger partial charge in [0.2, 0.25) is 0 Å². The molecular formula is C28H27F3O2. The van der Waals surface area contributed by atoms with Crippen molar-refractivity contribution in [3.05, 3.63) is 101 Å². The maximum atomic E-state index is 13.3. The molecule has 1 atom stereocenters. The molecule has 0 bridgehead atoms. The average Bonchev–Trinajstić information content (AvgIpc) is 2.83. The molecule has 5 heteroatoms. The van der Waals surface area contributed by atoms with Crippen molar-refractivity contribution in [3.8, 4) is 5.75 Å². The highest BCUT2D eigenvalue weighted by molar-refractivity contribution is 5.75.